The van der Waals surface area contributed by atoms with Crippen LogP contribution in [0.15, 0.2) is 0 Å². The molecule has 4 aliphatic rings. The molecule has 0 spiro atoms. The van der Waals surface area contributed by atoms with Crippen LogP contribution in [0.4, 0.5) is 0 Å². The Kier molecular flexibility index (Phi) is 14.1. The second-order valence-electron chi connectivity index (χ2n) is 11.6. The number of rotatable bonds is 6. The highest BCUT2D eigenvalue weighted by molar-refractivity contribution is 8.00. The maximum atomic E-state index is 12.9. The Morgan fingerprint density at radius 2 is 1.30 bits per heavy atom. The van der Waals surface area contributed by atoms with Crippen molar-refractivity contribution in [3.05, 3.63) is 0 Å². The quantitative estimate of drug-likeness (QED) is 0.397. The molecule has 2 aliphatic heterocycles. The van der Waals surface area contributed by atoms with Gasteiger partial charge in [-0.25, -0.2) is 12.7 Å². The molecule has 2 N–H and O–H groups in total. The summed E-state index contributed by atoms with van der Waals surface area (Å²) in [5.41, 5.74) is 0. The second-order valence-corrected chi connectivity index (χ2v) is 18.4. The van der Waals surface area contributed by atoms with Crippen LogP contribution in [-0.2, 0) is 30.3 Å². The molecule has 12 nitrogen and oxygen atoms in total. The van der Waals surface area contributed by atoms with E-state index in [0.29, 0.717) is 29.8 Å². The standard InChI is InChI=1S/C22H42N4O2S2.2CH4O3S/c1-23(2)30(27,28)18-9-10-22-20(17-18)26(19-7-4-5-8-21(19)29-22)12-6-11-25-15-13-24(3)14-16-25;2*1-5(2,3)4/h18-22H,4-17H2,1-3H3;2*1H3,(H,2,3,4). The Labute approximate surface area is 246 Å². The topological polar surface area (TPSA) is 156 Å². The summed E-state index contributed by atoms with van der Waals surface area (Å²) in [7, 11) is -4.89. The molecule has 0 aromatic carbocycles. The lowest BCUT2D eigenvalue weighted by molar-refractivity contribution is 0.0696. The lowest BCUT2D eigenvalue weighted by atomic mass is 9.86. The van der Waals surface area contributed by atoms with Gasteiger partial charge in [-0.1, -0.05) is 12.8 Å². The molecule has 4 fully saturated rings. The van der Waals surface area contributed by atoms with Gasteiger partial charge >= 0.3 is 0 Å². The minimum atomic E-state index is -3.67. The van der Waals surface area contributed by atoms with Crippen molar-refractivity contribution in [1.82, 2.24) is 19.0 Å². The third-order valence-corrected chi connectivity index (χ3v) is 12.1. The largest absolute Gasteiger partial charge is 0.304 e. The summed E-state index contributed by atoms with van der Waals surface area (Å²) in [6.45, 7) is 7.07. The fraction of sp³-hybridized carbons (Fsp3) is 1.00. The van der Waals surface area contributed by atoms with E-state index in [1.807, 2.05) is 0 Å². The van der Waals surface area contributed by atoms with Crippen LogP contribution in [0.5, 0.6) is 0 Å². The van der Waals surface area contributed by atoms with Crippen molar-refractivity contribution in [2.45, 2.75) is 79.2 Å². The number of thioether (sulfide) groups is 1. The Morgan fingerprint density at radius 1 is 0.775 bits per heavy atom. The van der Waals surface area contributed by atoms with Gasteiger partial charge < -0.3 is 9.80 Å². The first-order valence-corrected chi connectivity index (χ1v) is 20.1. The molecule has 2 heterocycles. The molecule has 40 heavy (non-hydrogen) atoms. The van der Waals surface area contributed by atoms with E-state index >= 15 is 0 Å². The number of nitrogens with zero attached hydrogens (tertiary/aromatic N) is 4. The van der Waals surface area contributed by atoms with Crippen molar-refractivity contribution in [3.63, 3.8) is 0 Å². The predicted molar refractivity (Wildman–Crippen MR) is 162 cm³/mol. The van der Waals surface area contributed by atoms with Crippen molar-refractivity contribution in [3.8, 4) is 0 Å². The molecule has 0 bridgehead atoms. The highest BCUT2D eigenvalue weighted by Crippen LogP contribution is 2.47. The summed E-state index contributed by atoms with van der Waals surface area (Å²) in [5, 5.41) is 1.20. The monoisotopic (exact) mass is 650 g/mol. The number of fused-ring (bicyclic) bond motifs is 2. The first-order chi connectivity index (χ1) is 18.4. The molecule has 16 heteroatoms. The number of piperazine rings is 1. The van der Waals surface area contributed by atoms with Gasteiger partial charge in [-0.3, -0.25) is 14.0 Å². The molecule has 0 aromatic rings. The zero-order chi connectivity index (χ0) is 30.3. The second kappa shape index (κ2) is 15.6. The van der Waals surface area contributed by atoms with E-state index in [1.54, 1.807) is 14.1 Å². The van der Waals surface area contributed by atoms with Crippen LogP contribution in [0.1, 0.15) is 51.4 Å². The highest BCUT2D eigenvalue weighted by Gasteiger charge is 2.48. The molecule has 2 saturated heterocycles. The van der Waals surface area contributed by atoms with Gasteiger partial charge in [-0.15, -0.1) is 0 Å². The fourth-order valence-corrected chi connectivity index (χ4v) is 9.54. The molecule has 0 amide bonds. The number of hydrogen-bond acceptors (Lipinski definition) is 10. The lowest BCUT2D eigenvalue weighted by Gasteiger charge is -2.54. The van der Waals surface area contributed by atoms with Gasteiger partial charge in [0.1, 0.15) is 0 Å². The number of likely N-dealkylation sites (N-methyl/N-ethyl adjacent to an activating group) is 1. The zero-order valence-corrected chi connectivity index (χ0v) is 27.8. The third-order valence-electron chi connectivity index (χ3n) is 7.99. The minimum Gasteiger partial charge on any atom is -0.304 e. The van der Waals surface area contributed by atoms with Crippen molar-refractivity contribution >= 4 is 42.0 Å². The van der Waals surface area contributed by atoms with Gasteiger partial charge in [0.2, 0.25) is 10.0 Å². The van der Waals surface area contributed by atoms with E-state index < -0.39 is 30.3 Å². The smallest absolute Gasteiger partial charge is 0.261 e. The molecule has 238 valence electrons. The Bertz CT molecular complexity index is 1050. The van der Waals surface area contributed by atoms with Gasteiger partial charge in [-0.05, 0) is 52.1 Å². The van der Waals surface area contributed by atoms with Gasteiger partial charge in [0.25, 0.3) is 20.2 Å². The van der Waals surface area contributed by atoms with Crippen LogP contribution >= 0.6 is 11.8 Å². The summed E-state index contributed by atoms with van der Waals surface area (Å²) in [5.74, 6) is 0. The van der Waals surface area contributed by atoms with Crippen molar-refractivity contribution in [2.75, 3.05) is 72.9 Å². The molecule has 5 unspecified atom stereocenters. The molecular formula is C24H50N4O8S4. The first kappa shape index (κ1) is 36.2. The van der Waals surface area contributed by atoms with Gasteiger partial charge in [0.05, 0.1) is 17.8 Å². The average molecular weight is 651 g/mol. The molecule has 5 atom stereocenters. The molecule has 2 saturated carbocycles. The summed E-state index contributed by atoms with van der Waals surface area (Å²) < 4.78 is 79.0. The van der Waals surface area contributed by atoms with E-state index in [-0.39, 0.29) is 5.25 Å². The number of hydrogen-bond donors (Lipinski definition) is 2. The molecule has 4 rings (SSSR count). The van der Waals surface area contributed by atoms with Crippen LogP contribution in [-0.4, -0.2) is 154 Å². The predicted octanol–water partition coefficient (Wildman–Crippen LogP) is 1.17. The highest BCUT2D eigenvalue weighted by atomic mass is 32.2. The van der Waals surface area contributed by atoms with E-state index in [4.69, 9.17) is 9.11 Å². The third kappa shape index (κ3) is 12.7. The van der Waals surface area contributed by atoms with Crippen LogP contribution < -0.4 is 0 Å². The maximum Gasteiger partial charge on any atom is 0.261 e. The van der Waals surface area contributed by atoms with Gasteiger partial charge in [-0.2, -0.15) is 28.6 Å². The lowest BCUT2D eigenvalue weighted by Crippen LogP contribution is -2.61. The Balaban J connectivity index is 0.000000482. The van der Waals surface area contributed by atoms with Crippen molar-refractivity contribution in [2.24, 2.45) is 0 Å². The van der Waals surface area contributed by atoms with Crippen LogP contribution in [0.3, 0.4) is 0 Å². The molecule has 0 aromatic heterocycles. The number of sulfonamides is 1. The molecule has 2 aliphatic carbocycles. The normalized spacial score (nSPS) is 30.8. The fourth-order valence-electron chi connectivity index (χ4n) is 6.12. The Hall–Kier alpha value is -0.0400. The van der Waals surface area contributed by atoms with Crippen molar-refractivity contribution in [1.29, 1.82) is 0 Å². The molecular weight excluding hydrogens is 601 g/mol. The average Bonchev–Trinajstić information content (AvgIpc) is 2.82. The van der Waals surface area contributed by atoms with E-state index in [1.165, 1.54) is 69.1 Å². The van der Waals surface area contributed by atoms with Crippen LogP contribution in [0.2, 0.25) is 0 Å². The summed E-state index contributed by atoms with van der Waals surface area (Å²) >= 11 is 2.22. The van der Waals surface area contributed by atoms with Gasteiger partial charge in [0.15, 0.2) is 0 Å². The summed E-state index contributed by atoms with van der Waals surface area (Å²) in [4.78, 5) is 7.84. The maximum absolute atomic E-state index is 12.9. The van der Waals surface area contributed by atoms with E-state index in [2.05, 4.69) is 33.5 Å². The van der Waals surface area contributed by atoms with E-state index in [0.717, 1.165) is 31.1 Å². The summed E-state index contributed by atoms with van der Waals surface area (Å²) in [6.07, 6.45) is 10.7. The Morgan fingerprint density at radius 3 is 1.85 bits per heavy atom. The SMILES string of the molecule is CN1CCN(CCCN2C3CCCCC3SC3CCC(S(=O)(=O)N(C)C)CC32)CC1.CS(=O)(=O)O.CS(=O)(=O)O. The zero-order valence-electron chi connectivity index (χ0n) is 24.6. The van der Waals surface area contributed by atoms with E-state index in [9.17, 15) is 25.3 Å². The minimum absolute atomic E-state index is 0.199. The van der Waals surface area contributed by atoms with Crippen LogP contribution in [0, 0.1) is 0 Å². The molecule has 0 radical (unpaired) electrons. The summed E-state index contributed by atoms with van der Waals surface area (Å²) in [6, 6.07) is 1.11. The van der Waals surface area contributed by atoms with Crippen LogP contribution in [0.25, 0.3) is 0 Å². The van der Waals surface area contributed by atoms with Crippen molar-refractivity contribution < 1.29 is 34.4 Å². The first-order valence-electron chi connectivity index (χ1n) is 13.9. The van der Waals surface area contributed by atoms with Gasteiger partial charge in [0, 0.05) is 69.4 Å².